The van der Waals surface area contributed by atoms with Crippen LogP contribution in [0.3, 0.4) is 0 Å². The molecule has 0 unspecified atom stereocenters. The van der Waals surface area contributed by atoms with Crippen molar-refractivity contribution >= 4 is 11.9 Å². The third kappa shape index (κ3) is 12.2. The molecule has 5 rings (SSSR count). The molecule has 0 N–H and O–H groups in total. The Morgan fingerprint density at radius 2 is 0.980 bits per heavy atom. The third-order valence-corrected chi connectivity index (χ3v) is 10.6. The van der Waals surface area contributed by atoms with Crippen molar-refractivity contribution in [2.45, 2.75) is 115 Å². The van der Waals surface area contributed by atoms with E-state index in [1.165, 1.54) is 74.6 Å². The van der Waals surface area contributed by atoms with E-state index in [2.05, 4.69) is 61.7 Å². The van der Waals surface area contributed by atoms with Crippen molar-refractivity contribution in [3.05, 3.63) is 96.1 Å². The van der Waals surface area contributed by atoms with Crippen LogP contribution in [-0.2, 0) is 51.2 Å². The highest BCUT2D eigenvalue weighted by Gasteiger charge is 2.29. The van der Waals surface area contributed by atoms with Gasteiger partial charge in [0.1, 0.15) is 0 Å². The molecular formula is C42H56O8. The molecule has 3 fully saturated rings. The lowest BCUT2D eigenvalue weighted by Crippen LogP contribution is -2.41. The summed E-state index contributed by atoms with van der Waals surface area (Å²) in [6.45, 7) is 9.66. The summed E-state index contributed by atoms with van der Waals surface area (Å²) >= 11 is 0. The average molecular weight is 689 g/mol. The second kappa shape index (κ2) is 20.5. The standard InChI is InChI=1S/C42H56O8/c1-3-39(43)45-25-5-7-31-9-17-35(18-10-31)37-21-13-33(14-22-37)29-49-41-42(48-28-27-47-41)50-30-34-15-23-38(24-16-34)36-19-11-32(12-20-36)8-6-26-46-40(44)4-2/h3-4,13-16,21-24,31-32,35-36,41-42H,1-2,5-12,17-20,25-30H2/t31-,32?,35-,36?,41-,42-/m1/s1. The van der Waals surface area contributed by atoms with Crippen molar-refractivity contribution < 1.29 is 38.0 Å². The lowest BCUT2D eigenvalue weighted by Gasteiger charge is -2.31. The van der Waals surface area contributed by atoms with Crippen LogP contribution in [0.4, 0.5) is 0 Å². The van der Waals surface area contributed by atoms with Gasteiger partial charge in [-0.15, -0.1) is 0 Å². The molecule has 2 aromatic rings. The van der Waals surface area contributed by atoms with Gasteiger partial charge in [-0.3, -0.25) is 0 Å². The maximum atomic E-state index is 11.2. The second-order valence-corrected chi connectivity index (χ2v) is 14.0. The van der Waals surface area contributed by atoms with Crippen molar-refractivity contribution in [1.82, 2.24) is 0 Å². The molecule has 8 heteroatoms. The predicted octanol–water partition coefficient (Wildman–Crippen LogP) is 8.69. The fourth-order valence-electron chi connectivity index (χ4n) is 7.64. The van der Waals surface area contributed by atoms with E-state index < -0.39 is 12.6 Å². The van der Waals surface area contributed by atoms with E-state index in [1.807, 2.05) is 0 Å². The first-order valence-corrected chi connectivity index (χ1v) is 18.7. The first-order valence-electron chi connectivity index (χ1n) is 18.7. The van der Waals surface area contributed by atoms with Gasteiger partial charge in [-0.1, -0.05) is 61.7 Å². The minimum Gasteiger partial charge on any atom is -0.463 e. The normalized spacial score (nSPS) is 25.4. The summed E-state index contributed by atoms with van der Waals surface area (Å²) in [5.74, 6) is 1.94. The zero-order valence-corrected chi connectivity index (χ0v) is 29.6. The molecule has 0 spiro atoms. The molecular weight excluding hydrogens is 632 g/mol. The van der Waals surface area contributed by atoms with Gasteiger partial charge in [0.2, 0.25) is 12.6 Å². The summed E-state index contributed by atoms with van der Waals surface area (Å²) in [6.07, 6.45) is 15.0. The van der Waals surface area contributed by atoms with Crippen molar-refractivity contribution in [2.75, 3.05) is 26.4 Å². The number of hydrogen-bond acceptors (Lipinski definition) is 8. The van der Waals surface area contributed by atoms with Crippen LogP contribution in [0, 0.1) is 11.8 Å². The summed E-state index contributed by atoms with van der Waals surface area (Å²) in [5.41, 5.74) is 4.99. The number of esters is 2. The minimum atomic E-state index is -0.581. The molecule has 1 heterocycles. The monoisotopic (exact) mass is 688 g/mol. The van der Waals surface area contributed by atoms with Crippen molar-refractivity contribution in [1.29, 1.82) is 0 Å². The summed E-state index contributed by atoms with van der Waals surface area (Å²) < 4.78 is 34.4. The van der Waals surface area contributed by atoms with Gasteiger partial charge in [-0.25, -0.2) is 9.59 Å². The summed E-state index contributed by atoms with van der Waals surface area (Å²) in [7, 11) is 0. The third-order valence-electron chi connectivity index (χ3n) is 10.6. The van der Waals surface area contributed by atoms with Gasteiger partial charge in [0.15, 0.2) is 0 Å². The van der Waals surface area contributed by atoms with Crippen LogP contribution < -0.4 is 0 Å². The maximum absolute atomic E-state index is 11.2. The molecule has 0 amide bonds. The maximum Gasteiger partial charge on any atom is 0.330 e. The van der Waals surface area contributed by atoms with Gasteiger partial charge >= 0.3 is 11.9 Å². The first kappa shape index (κ1) is 37.9. The van der Waals surface area contributed by atoms with E-state index in [1.54, 1.807) is 0 Å². The van der Waals surface area contributed by atoms with E-state index in [0.29, 0.717) is 63.3 Å². The van der Waals surface area contributed by atoms with Crippen LogP contribution in [0.2, 0.25) is 0 Å². The SMILES string of the molecule is C=CC(=O)OCCCC1CCC(c2ccc(CO[C@H]3OCCO[C@@H]3OCc3ccc([C@H]4CC[C@H](CCCOC(=O)C=C)CC4)cc3)cc2)CC1. The molecule has 3 aliphatic rings. The number of carbonyl (C=O) groups excluding carboxylic acids is 2. The molecule has 0 bridgehead atoms. The number of ether oxygens (including phenoxy) is 6. The molecule has 50 heavy (non-hydrogen) atoms. The Balaban J connectivity index is 0.984. The predicted molar refractivity (Wildman–Crippen MR) is 192 cm³/mol. The summed E-state index contributed by atoms with van der Waals surface area (Å²) in [5, 5.41) is 0. The topological polar surface area (TPSA) is 89.5 Å². The fraction of sp³-hybridized carbons (Fsp3) is 0.571. The molecule has 0 aromatic heterocycles. The van der Waals surface area contributed by atoms with Crippen LogP contribution in [0.5, 0.6) is 0 Å². The molecule has 2 saturated carbocycles. The van der Waals surface area contributed by atoms with Crippen LogP contribution in [0.1, 0.15) is 111 Å². The van der Waals surface area contributed by atoms with Crippen LogP contribution in [0.25, 0.3) is 0 Å². The number of benzene rings is 2. The Labute approximate surface area is 298 Å². The van der Waals surface area contributed by atoms with E-state index in [0.717, 1.165) is 36.8 Å². The number of rotatable bonds is 18. The molecule has 2 aromatic carbocycles. The molecule has 1 aliphatic heterocycles. The first-order chi connectivity index (χ1) is 24.5. The Morgan fingerprint density at radius 3 is 1.34 bits per heavy atom. The Bertz CT molecular complexity index is 1220. The van der Waals surface area contributed by atoms with Crippen molar-refractivity contribution in [3.8, 4) is 0 Å². The van der Waals surface area contributed by atoms with Gasteiger partial charge < -0.3 is 28.4 Å². The van der Waals surface area contributed by atoms with Crippen molar-refractivity contribution in [2.24, 2.45) is 11.8 Å². The Kier molecular flexibility index (Phi) is 15.6. The van der Waals surface area contributed by atoms with Gasteiger partial charge in [0.05, 0.1) is 39.6 Å². The molecule has 8 nitrogen and oxygen atoms in total. The molecule has 2 atom stereocenters. The van der Waals surface area contributed by atoms with E-state index in [9.17, 15) is 9.59 Å². The zero-order valence-electron chi connectivity index (χ0n) is 29.6. The smallest absolute Gasteiger partial charge is 0.330 e. The highest BCUT2D eigenvalue weighted by atomic mass is 16.8. The average Bonchev–Trinajstić information content (AvgIpc) is 3.17. The Morgan fingerprint density at radius 1 is 0.600 bits per heavy atom. The molecule has 0 radical (unpaired) electrons. The van der Waals surface area contributed by atoms with E-state index >= 15 is 0 Å². The highest BCUT2D eigenvalue weighted by molar-refractivity contribution is 5.81. The minimum absolute atomic E-state index is 0.335. The largest absolute Gasteiger partial charge is 0.463 e. The summed E-state index contributed by atoms with van der Waals surface area (Å²) in [4.78, 5) is 22.4. The number of carbonyl (C=O) groups is 2. The van der Waals surface area contributed by atoms with Gasteiger partial charge in [0.25, 0.3) is 0 Å². The zero-order chi connectivity index (χ0) is 35.0. The lowest BCUT2D eigenvalue weighted by atomic mass is 9.77. The summed E-state index contributed by atoms with van der Waals surface area (Å²) in [6, 6.07) is 17.6. The van der Waals surface area contributed by atoms with Crippen LogP contribution >= 0.6 is 0 Å². The second-order valence-electron chi connectivity index (χ2n) is 14.0. The van der Waals surface area contributed by atoms with Gasteiger partial charge in [-0.05, 0) is 123 Å². The Hall–Kier alpha value is -3.30. The molecule has 1 saturated heterocycles. The highest BCUT2D eigenvalue weighted by Crippen LogP contribution is 2.39. The quantitative estimate of drug-likeness (QED) is 0.0874. The number of hydrogen-bond donors (Lipinski definition) is 0. The van der Waals surface area contributed by atoms with Crippen molar-refractivity contribution in [3.63, 3.8) is 0 Å². The fourth-order valence-corrected chi connectivity index (χ4v) is 7.64. The van der Waals surface area contributed by atoms with Gasteiger partial charge in [0, 0.05) is 12.2 Å². The van der Waals surface area contributed by atoms with Gasteiger partial charge in [-0.2, -0.15) is 0 Å². The van der Waals surface area contributed by atoms with E-state index in [4.69, 9.17) is 28.4 Å². The lowest BCUT2D eigenvalue weighted by molar-refractivity contribution is -0.326. The van der Waals surface area contributed by atoms with E-state index in [-0.39, 0.29) is 11.9 Å². The van der Waals surface area contributed by atoms with Crippen LogP contribution in [0.15, 0.2) is 73.8 Å². The molecule has 272 valence electrons. The van der Waals surface area contributed by atoms with Crippen LogP contribution in [-0.4, -0.2) is 50.9 Å². The molecule has 2 aliphatic carbocycles.